The van der Waals surface area contributed by atoms with E-state index in [2.05, 4.69) is 0 Å². The van der Waals surface area contributed by atoms with Crippen LogP contribution in [0.15, 0.2) is 0 Å². The summed E-state index contributed by atoms with van der Waals surface area (Å²) in [6.45, 7) is 1.59. The molecule has 0 aromatic rings. The van der Waals surface area contributed by atoms with E-state index in [0.717, 1.165) is 12.8 Å². The van der Waals surface area contributed by atoms with Gasteiger partial charge in [0.05, 0.1) is 19.3 Å². The Bertz CT molecular complexity index is 320. The maximum atomic E-state index is 13.1. The van der Waals surface area contributed by atoms with Crippen LogP contribution in [0.4, 0.5) is 8.78 Å². The van der Waals surface area contributed by atoms with Crippen molar-refractivity contribution >= 4 is 5.91 Å². The average Bonchev–Trinajstić information content (AvgIpc) is 2.45. The molecule has 20 heavy (non-hydrogen) atoms. The Morgan fingerprint density at radius 3 is 2.35 bits per heavy atom. The van der Waals surface area contributed by atoms with Crippen LogP contribution >= 0.6 is 0 Å². The van der Waals surface area contributed by atoms with Gasteiger partial charge in [0.1, 0.15) is 0 Å². The minimum Gasteiger partial charge on any atom is -0.394 e. The molecular formula is C14H23F2NO3. The van der Waals surface area contributed by atoms with Crippen LogP contribution < -0.4 is 0 Å². The molecule has 1 saturated carbocycles. The Morgan fingerprint density at radius 2 is 1.80 bits per heavy atom. The summed E-state index contributed by atoms with van der Waals surface area (Å²) >= 11 is 0. The molecule has 0 aromatic carbocycles. The Labute approximate surface area is 118 Å². The van der Waals surface area contributed by atoms with Crippen LogP contribution in [-0.4, -0.2) is 54.2 Å². The molecule has 0 unspecified atom stereocenters. The van der Waals surface area contributed by atoms with Crippen molar-refractivity contribution in [2.24, 2.45) is 5.92 Å². The van der Waals surface area contributed by atoms with Crippen molar-refractivity contribution in [3.05, 3.63) is 0 Å². The van der Waals surface area contributed by atoms with Crippen LogP contribution in [0.5, 0.6) is 0 Å². The second kappa shape index (κ2) is 6.80. The molecule has 0 aromatic heterocycles. The van der Waals surface area contributed by atoms with Gasteiger partial charge in [0, 0.05) is 31.8 Å². The third kappa shape index (κ3) is 4.12. The monoisotopic (exact) mass is 291 g/mol. The SMILES string of the molecule is O=C(C1CCC(F)(F)CC1)N1CCC(OCCO)CC1. The van der Waals surface area contributed by atoms with Gasteiger partial charge in [-0.25, -0.2) is 8.78 Å². The molecule has 2 aliphatic rings. The maximum absolute atomic E-state index is 13.1. The lowest BCUT2D eigenvalue weighted by Gasteiger charge is -2.36. The molecule has 0 atom stereocenters. The highest BCUT2D eigenvalue weighted by Gasteiger charge is 2.39. The number of nitrogens with zero attached hydrogens (tertiary/aromatic N) is 1. The molecule has 2 fully saturated rings. The molecule has 1 aliphatic carbocycles. The lowest BCUT2D eigenvalue weighted by Crippen LogP contribution is -2.45. The van der Waals surface area contributed by atoms with Crippen molar-refractivity contribution in [2.75, 3.05) is 26.3 Å². The summed E-state index contributed by atoms with van der Waals surface area (Å²) in [5.41, 5.74) is 0. The number of piperidine rings is 1. The highest BCUT2D eigenvalue weighted by atomic mass is 19.3. The molecule has 0 bridgehead atoms. The number of amides is 1. The molecule has 1 N–H and O–H groups in total. The second-order valence-electron chi connectivity index (χ2n) is 5.75. The van der Waals surface area contributed by atoms with Gasteiger partial charge in [-0.15, -0.1) is 0 Å². The number of halogens is 2. The fourth-order valence-corrected chi connectivity index (χ4v) is 3.01. The van der Waals surface area contributed by atoms with Crippen molar-refractivity contribution in [3.63, 3.8) is 0 Å². The van der Waals surface area contributed by atoms with Crippen LogP contribution in [0.1, 0.15) is 38.5 Å². The number of ether oxygens (including phenoxy) is 1. The van der Waals surface area contributed by atoms with E-state index < -0.39 is 5.92 Å². The van der Waals surface area contributed by atoms with Gasteiger partial charge < -0.3 is 14.7 Å². The summed E-state index contributed by atoms with van der Waals surface area (Å²) < 4.78 is 31.6. The zero-order valence-corrected chi connectivity index (χ0v) is 11.7. The molecule has 1 saturated heterocycles. The molecular weight excluding hydrogens is 268 g/mol. The Hall–Kier alpha value is -0.750. The van der Waals surface area contributed by atoms with E-state index in [4.69, 9.17) is 9.84 Å². The lowest BCUT2D eigenvalue weighted by atomic mass is 9.85. The minimum absolute atomic E-state index is 0.00936. The first kappa shape index (κ1) is 15.6. The van der Waals surface area contributed by atoms with E-state index >= 15 is 0 Å². The Kier molecular flexibility index (Phi) is 5.32. The second-order valence-corrected chi connectivity index (χ2v) is 5.75. The number of likely N-dealkylation sites (tertiary alicyclic amines) is 1. The maximum Gasteiger partial charge on any atom is 0.248 e. The van der Waals surface area contributed by atoms with Crippen molar-refractivity contribution < 1.29 is 23.4 Å². The first-order valence-electron chi connectivity index (χ1n) is 7.41. The first-order chi connectivity index (χ1) is 9.52. The largest absolute Gasteiger partial charge is 0.394 e. The van der Waals surface area contributed by atoms with Gasteiger partial charge in [0.25, 0.3) is 0 Å². The van der Waals surface area contributed by atoms with Crippen molar-refractivity contribution in [1.82, 2.24) is 4.90 Å². The molecule has 1 heterocycles. The van der Waals surface area contributed by atoms with Gasteiger partial charge in [-0.3, -0.25) is 4.79 Å². The van der Waals surface area contributed by atoms with Crippen LogP contribution in [0.25, 0.3) is 0 Å². The quantitative estimate of drug-likeness (QED) is 0.859. The predicted molar refractivity (Wildman–Crippen MR) is 69.5 cm³/mol. The van der Waals surface area contributed by atoms with Crippen molar-refractivity contribution in [3.8, 4) is 0 Å². The van der Waals surface area contributed by atoms with Crippen molar-refractivity contribution in [1.29, 1.82) is 0 Å². The summed E-state index contributed by atoms with van der Waals surface area (Å²) in [7, 11) is 0. The number of alkyl halides is 2. The smallest absolute Gasteiger partial charge is 0.248 e. The highest BCUT2D eigenvalue weighted by molar-refractivity contribution is 5.79. The van der Waals surface area contributed by atoms with Crippen LogP contribution in [0.2, 0.25) is 0 Å². The summed E-state index contributed by atoms with van der Waals surface area (Å²) in [5, 5.41) is 8.70. The minimum atomic E-state index is -2.58. The number of carbonyl (C=O) groups is 1. The Morgan fingerprint density at radius 1 is 1.20 bits per heavy atom. The average molecular weight is 291 g/mol. The number of aliphatic hydroxyl groups excluding tert-OH is 1. The summed E-state index contributed by atoms with van der Waals surface area (Å²) in [5.74, 6) is -2.78. The standard InChI is InChI=1S/C14H23F2NO3/c15-14(16)5-1-11(2-6-14)13(19)17-7-3-12(4-8-17)20-10-9-18/h11-12,18H,1-10H2. The number of hydrogen-bond acceptors (Lipinski definition) is 3. The molecule has 4 nitrogen and oxygen atoms in total. The van der Waals surface area contributed by atoms with Crippen LogP contribution in [0.3, 0.4) is 0 Å². The van der Waals surface area contributed by atoms with Crippen molar-refractivity contribution in [2.45, 2.75) is 50.6 Å². The predicted octanol–water partition coefficient (Wildman–Crippen LogP) is 1.81. The molecule has 6 heteroatoms. The lowest BCUT2D eigenvalue weighted by molar-refractivity contribution is -0.142. The van der Waals surface area contributed by atoms with Crippen LogP contribution in [0, 0.1) is 5.92 Å². The summed E-state index contributed by atoms with van der Waals surface area (Å²) in [4.78, 5) is 14.1. The van der Waals surface area contributed by atoms with Gasteiger partial charge in [-0.1, -0.05) is 0 Å². The molecule has 1 amide bonds. The van der Waals surface area contributed by atoms with E-state index in [1.54, 1.807) is 4.90 Å². The molecule has 116 valence electrons. The van der Waals surface area contributed by atoms with E-state index in [0.29, 0.717) is 32.5 Å². The third-order valence-electron chi connectivity index (χ3n) is 4.26. The van der Waals surface area contributed by atoms with Gasteiger partial charge in [-0.05, 0) is 25.7 Å². The fourth-order valence-electron chi connectivity index (χ4n) is 3.01. The highest BCUT2D eigenvalue weighted by Crippen LogP contribution is 2.37. The topological polar surface area (TPSA) is 49.8 Å². The van der Waals surface area contributed by atoms with E-state index in [-0.39, 0.29) is 37.4 Å². The van der Waals surface area contributed by atoms with Gasteiger partial charge >= 0.3 is 0 Å². The summed E-state index contributed by atoms with van der Waals surface area (Å²) in [6.07, 6.45) is 1.88. The number of aliphatic hydroxyl groups is 1. The molecule has 1 aliphatic heterocycles. The van der Waals surface area contributed by atoms with Crippen LogP contribution in [-0.2, 0) is 9.53 Å². The van der Waals surface area contributed by atoms with E-state index in [1.807, 2.05) is 0 Å². The first-order valence-corrected chi connectivity index (χ1v) is 7.41. The number of hydrogen-bond donors (Lipinski definition) is 1. The van der Waals surface area contributed by atoms with E-state index in [1.165, 1.54) is 0 Å². The molecule has 0 spiro atoms. The summed E-state index contributed by atoms with van der Waals surface area (Å²) in [6, 6.07) is 0. The van der Waals surface area contributed by atoms with Gasteiger partial charge in [0.2, 0.25) is 11.8 Å². The number of rotatable bonds is 4. The number of carbonyl (C=O) groups excluding carboxylic acids is 1. The zero-order valence-electron chi connectivity index (χ0n) is 11.7. The van der Waals surface area contributed by atoms with E-state index in [9.17, 15) is 13.6 Å². The normalized spacial score (nSPS) is 24.9. The van der Waals surface area contributed by atoms with Gasteiger partial charge in [-0.2, -0.15) is 0 Å². The fraction of sp³-hybridized carbons (Fsp3) is 0.929. The third-order valence-corrected chi connectivity index (χ3v) is 4.26. The van der Waals surface area contributed by atoms with Gasteiger partial charge in [0.15, 0.2) is 0 Å². The molecule has 0 radical (unpaired) electrons. The Balaban J connectivity index is 1.75. The molecule has 2 rings (SSSR count). The zero-order chi connectivity index (χ0) is 14.6.